The van der Waals surface area contributed by atoms with Gasteiger partial charge in [0.05, 0.1) is 17.4 Å². The second-order valence-electron chi connectivity index (χ2n) is 4.11. The van der Waals surface area contributed by atoms with E-state index in [-0.39, 0.29) is 5.69 Å². The van der Waals surface area contributed by atoms with Gasteiger partial charge in [0.2, 0.25) is 0 Å². The monoisotopic (exact) mass is 287 g/mol. The Labute approximate surface area is 110 Å². The molecule has 1 aromatic carbocycles. The maximum atomic E-state index is 13.2. The van der Waals surface area contributed by atoms with E-state index < -0.39 is 29.2 Å². The summed E-state index contributed by atoms with van der Waals surface area (Å²) in [7, 11) is 0. The van der Waals surface area contributed by atoms with Crippen LogP contribution in [0.15, 0.2) is 24.4 Å². The van der Waals surface area contributed by atoms with Crippen LogP contribution in [-0.2, 0) is 6.18 Å². The first-order valence-corrected chi connectivity index (χ1v) is 5.43. The molecule has 0 radical (unpaired) electrons. The molecule has 0 unspecified atom stereocenters. The van der Waals surface area contributed by atoms with Crippen molar-refractivity contribution in [1.29, 1.82) is 0 Å². The van der Waals surface area contributed by atoms with Crippen LogP contribution in [0.1, 0.15) is 21.6 Å². The van der Waals surface area contributed by atoms with Crippen molar-refractivity contribution in [2.75, 3.05) is 0 Å². The second kappa shape index (κ2) is 4.62. The predicted octanol–water partition coefficient (Wildman–Crippen LogP) is 2.44. The number of halogens is 4. The molecule has 20 heavy (non-hydrogen) atoms. The van der Waals surface area contributed by atoms with Crippen LogP contribution in [0.4, 0.5) is 17.6 Å². The van der Waals surface area contributed by atoms with Gasteiger partial charge in [-0.15, -0.1) is 0 Å². The maximum Gasteiger partial charge on any atom is 0.434 e. The Morgan fingerprint density at radius 1 is 1.35 bits per heavy atom. The Morgan fingerprint density at radius 2 is 2.00 bits per heavy atom. The minimum absolute atomic E-state index is 0.107. The summed E-state index contributed by atoms with van der Waals surface area (Å²) >= 11 is 0. The van der Waals surface area contributed by atoms with Gasteiger partial charge in [-0.3, -0.25) is 4.79 Å². The number of aromatic nitrogens is 2. The molecule has 1 aromatic heterocycles. The van der Waals surface area contributed by atoms with Crippen molar-refractivity contribution in [1.82, 2.24) is 9.78 Å². The minimum Gasteiger partial charge on any atom is -0.365 e. The fourth-order valence-electron chi connectivity index (χ4n) is 1.79. The van der Waals surface area contributed by atoms with Crippen molar-refractivity contribution in [2.24, 2.45) is 5.73 Å². The van der Waals surface area contributed by atoms with E-state index in [1.54, 1.807) is 0 Å². The lowest BCUT2D eigenvalue weighted by atomic mass is 10.1. The van der Waals surface area contributed by atoms with Gasteiger partial charge in [-0.2, -0.15) is 18.3 Å². The zero-order valence-corrected chi connectivity index (χ0v) is 10.2. The Balaban J connectivity index is 2.75. The molecule has 4 nitrogen and oxygen atoms in total. The summed E-state index contributed by atoms with van der Waals surface area (Å²) in [5, 5.41) is 3.51. The number of benzene rings is 1. The van der Waals surface area contributed by atoms with Crippen molar-refractivity contribution in [3.8, 4) is 5.69 Å². The normalized spacial score (nSPS) is 11.7. The summed E-state index contributed by atoms with van der Waals surface area (Å²) in [6.45, 7) is 1.50. The number of carbonyl (C=O) groups is 1. The van der Waals surface area contributed by atoms with Crippen LogP contribution in [0.2, 0.25) is 0 Å². The third kappa shape index (κ3) is 2.36. The van der Waals surface area contributed by atoms with Gasteiger partial charge in [0.1, 0.15) is 5.82 Å². The molecule has 0 fully saturated rings. The highest BCUT2D eigenvalue weighted by molar-refractivity contribution is 5.94. The highest BCUT2D eigenvalue weighted by atomic mass is 19.4. The molecule has 2 rings (SSSR count). The average Bonchev–Trinajstić information content (AvgIpc) is 2.76. The first-order valence-electron chi connectivity index (χ1n) is 5.43. The zero-order valence-electron chi connectivity index (χ0n) is 10.2. The number of hydrogen-bond acceptors (Lipinski definition) is 2. The quantitative estimate of drug-likeness (QED) is 0.862. The van der Waals surface area contributed by atoms with Crippen molar-refractivity contribution < 1.29 is 22.4 Å². The van der Waals surface area contributed by atoms with Gasteiger partial charge in [-0.05, 0) is 24.6 Å². The predicted molar refractivity (Wildman–Crippen MR) is 61.8 cm³/mol. The van der Waals surface area contributed by atoms with Crippen LogP contribution in [0.3, 0.4) is 0 Å². The standard InChI is InChI=1S/C12H9F4N3O/c1-6-2-3-7(13)4-9(6)19-10(12(14,15)16)8(5-18-19)11(17)20/h2-5H,1H3,(H2,17,20). The Bertz CT molecular complexity index is 676. The van der Waals surface area contributed by atoms with Gasteiger partial charge < -0.3 is 5.73 Å². The van der Waals surface area contributed by atoms with Gasteiger partial charge in [0, 0.05) is 0 Å². The molecule has 1 heterocycles. The molecule has 8 heteroatoms. The Morgan fingerprint density at radius 3 is 2.55 bits per heavy atom. The molecular weight excluding hydrogens is 278 g/mol. The van der Waals surface area contributed by atoms with E-state index in [9.17, 15) is 22.4 Å². The Kier molecular flexibility index (Phi) is 3.24. The van der Waals surface area contributed by atoms with Crippen molar-refractivity contribution >= 4 is 5.91 Å². The lowest BCUT2D eigenvalue weighted by Gasteiger charge is -2.13. The molecule has 0 aliphatic rings. The van der Waals surface area contributed by atoms with E-state index in [0.29, 0.717) is 10.2 Å². The Hall–Kier alpha value is -2.38. The summed E-state index contributed by atoms with van der Waals surface area (Å²) in [5.41, 5.74) is 3.09. The molecule has 0 saturated carbocycles. The molecular formula is C12H9F4N3O. The topological polar surface area (TPSA) is 60.9 Å². The van der Waals surface area contributed by atoms with Crippen molar-refractivity contribution in [3.63, 3.8) is 0 Å². The number of nitrogens with two attached hydrogens (primary N) is 1. The molecule has 0 spiro atoms. The molecule has 0 aliphatic carbocycles. The zero-order chi connectivity index (χ0) is 15.1. The number of hydrogen-bond donors (Lipinski definition) is 1. The number of primary amides is 1. The van der Waals surface area contributed by atoms with E-state index in [1.165, 1.54) is 13.0 Å². The highest BCUT2D eigenvalue weighted by Gasteiger charge is 2.40. The first-order chi connectivity index (χ1) is 9.21. The minimum atomic E-state index is -4.85. The fraction of sp³-hybridized carbons (Fsp3) is 0.167. The van der Waals surface area contributed by atoms with Gasteiger partial charge in [0.15, 0.2) is 5.69 Å². The smallest absolute Gasteiger partial charge is 0.365 e. The third-order valence-electron chi connectivity index (χ3n) is 2.70. The van der Waals surface area contributed by atoms with Crippen LogP contribution >= 0.6 is 0 Å². The van der Waals surface area contributed by atoms with Crippen LogP contribution in [0, 0.1) is 12.7 Å². The molecule has 0 saturated heterocycles. The first kappa shape index (κ1) is 14.0. The third-order valence-corrected chi connectivity index (χ3v) is 2.70. The SMILES string of the molecule is Cc1ccc(F)cc1-n1ncc(C(N)=O)c1C(F)(F)F. The van der Waals surface area contributed by atoms with Crippen LogP contribution < -0.4 is 5.73 Å². The number of rotatable bonds is 2. The summed E-state index contributed by atoms with van der Waals surface area (Å²) in [6, 6.07) is 3.34. The van der Waals surface area contributed by atoms with Gasteiger partial charge in [-0.25, -0.2) is 9.07 Å². The second-order valence-corrected chi connectivity index (χ2v) is 4.11. The summed E-state index contributed by atoms with van der Waals surface area (Å²) in [5.74, 6) is -1.97. The van der Waals surface area contributed by atoms with E-state index in [4.69, 9.17) is 5.73 Å². The fourth-order valence-corrected chi connectivity index (χ4v) is 1.79. The largest absolute Gasteiger partial charge is 0.434 e. The molecule has 106 valence electrons. The number of carbonyl (C=O) groups excluding carboxylic acids is 1. The van der Waals surface area contributed by atoms with Crippen molar-refractivity contribution in [3.05, 3.63) is 47.0 Å². The van der Waals surface area contributed by atoms with Gasteiger partial charge in [0.25, 0.3) is 5.91 Å². The summed E-state index contributed by atoms with van der Waals surface area (Å²) in [6.07, 6.45) is -4.13. The molecule has 0 bridgehead atoms. The summed E-state index contributed by atoms with van der Waals surface area (Å²) in [4.78, 5) is 11.1. The lowest BCUT2D eigenvalue weighted by Crippen LogP contribution is -2.21. The maximum absolute atomic E-state index is 13.2. The molecule has 1 amide bonds. The average molecular weight is 287 g/mol. The molecule has 0 atom stereocenters. The lowest BCUT2D eigenvalue weighted by molar-refractivity contribution is -0.143. The number of alkyl halides is 3. The van der Waals surface area contributed by atoms with E-state index >= 15 is 0 Å². The van der Waals surface area contributed by atoms with E-state index in [1.807, 2.05) is 0 Å². The van der Waals surface area contributed by atoms with Crippen molar-refractivity contribution in [2.45, 2.75) is 13.1 Å². The van der Waals surface area contributed by atoms with Crippen LogP contribution in [-0.4, -0.2) is 15.7 Å². The number of amides is 1. The molecule has 0 aliphatic heterocycles. The van der Waals surface area contributed by atoms with Gasteiger partial charge >= 0.3 is 6.18 Å². The highest BCUT2D eigenvalue weighted by Crippen LogP contribution is 2.34. The summed E-state index contributed by atoms with van der Waals surface area (Å²) < 4.78 is 52.9. The van der Waals surface area contributed by atoms with Crippen LogP contribution in [0.5, 0.6) is 0 Å². The van der Waals surface area contributed by atoms with E-state index in [0.717, 1.165) is 18.3 Å². The number of nitrogens with zero attached hydrogens (tertiary/aromatic N) is 2. The molecule has 2 aromatic rings. The number of aryl methyl sites for hydroxylation is 1. The van der Waals surface area contributed by atoms with Crippen LogP contribution in [0.25, 0.3) is 5.69 Å². The molecule has 2 N–H and O–H groups in total. The van der Waals surface area contributed by atoms with E-state index in [2.05, 4.69) is 5.10 Å². The van der Waals surface area contributed by atoms with Gasteiger partial charge in [-0.1, -0.05) is 6.07 Å².